The molecule has 0 spiro atoms. The lowest BCUT2D eigenvalue weighted by molar-refractivity contribution is 0.281. The van der Waals surface area contributed by atoms with Gasteiger partial charge in [-0.15, -0.1) is 11.3 Å². The van der Waals surface area contributed by atoms with Gasteiger partial charge in [0.2, 0.25) is 0 Å². The number of nitrogens with zero attached hydrogens (tertiary/aromatic N) is 1. The molecule has 1 heterocycles. The van der Waals surface area contributed by atoms with E-state index in [1.165, 1.54) is 5.56 Å². The molecular formula is C12H14N2OS. The quantitative estimate of drug-likeness (QED) is 0.831. The first-order valence-corrected chi connectivity index (χ1v) is 6.09. The average molecular weight is 234 g/mol. The van der Waals surface area contributed by atoms with Crippen molar-refractivity contribution in [1.29, 1.82) is 0 Å². The Hall–Kier alpha value is -1.23. The van der Waals surface area contributed by atoms with Gasteiger partial charge in [-0.25, -0.2) is 4.98 Å². The van der Waals surface area contributed by atoms with Gasteiger partial charge in [-0.2, -0.15) is 0 Å². The third-order valence-corrected chi connectivity index (χ3v) is 2.93. The van der Waals surface area contributed by atoms with Gasteiger partial charge in [0.1, 0.15) is 0 Å². The van der Waals surface area contributed by atoms with Crippen molar-refractivity contribution in [1.82, 2.24) is 10.3 Å². The third kappa shape index (κ3) is 3.13. The first-order chi connectivity index (χ1) is 7.88. The maximum absolute atomic E-state index is 9.01. The molecule has 0 aliphatic heterocycles. The van der Waals surface area contributed by atoms with Gasteiger partial charge in [0.05, 0.1) is 17.8 Å². The van der Waals surface area contributed by atoms with Crippen LogP contribution in [0.2, 0.25) is 0 Å². The predicted octanol–water partition coefficient (Wildman–Crippen LogP) is 1.93. The fraction of sp³-hybridized carbons (Fsp3) is 0.250. The van der Waals surface area contributed by atoms with Crippen LogP contribution in [-0.4, -0.2) is 10.1 Å². The van der Waals surface area contributed by atoms with E-state index in [4.69, 9.17) is 5.11 Å². The van der Waals surface area contributed by atoms with E-state index in [-0.39, 0.29) is 6.61 Å². The maximum atomic E-state index is 9.01. The molecule has 0 aliphatic rings. The molecule has 1 aromatic carbocycles. The van der Waals surface area contributed by atoms with E-state index < -0.39 is 0 Å². The Morgan fingerprint density at radius 3 is 2.88 bits per heavy atom. The first-order valence-electron chi connectivity index (χ1n) is 5.15. The smallest absolute Gasteiger partial charge is 0.0795 e. The lowest BCUT2D eigenvalue weighted by Crippen LogP contribution is -2.12. The Kier molecular flexibility index (Phi) is 4.04. The van der Waals surface area contributed by atoms with Crippen LogP contribution in [0.25, 0.3) is 0 Å². The molecule has 0 saturated carbocycles. The summed E-state index contributed by atoms with van der Waals surface area (Å²) in [6, 6.07) is 7.94. The summed E-state index contributed by atoms with van der Waals surface area (Å²) < 4.78 is 0. The molecule has 0 saturated heterocycles. The fourth-order valence-electron chi connectivity index (χ4n) is 1.50. The summed E-state index contributed by atoms with van der Waals surface area (Å²) >= 11 is 1.61. The Bertz CT molecular complexity index is 428. The third-order valence-electron chi connectivity index (χ3n) is 2.29. The zero-order chi connectivity index (χ0) is 11.2. The van der Waals surface area contributed by atoms with E-state index in [0.717, 1.165) is 24.3 Å². The molecule has 0 amide bonds. The monoisotopic (exact) mass is 234 g/mol. The molecule has 2 aromatic rings. The molecule has 0 atom stereocenters. The van der Waals surface area contributed by atoms with Crippen LogP contribution < -0.4 is 5.32 Å². The molecule has 4 heteroatoms. The highest BCUT2D eigenvalue weighted by Crippen LogP contribution is 2.06. The van der Waals surface area contributed by atoms with Crippen molar-refractivity contribution in [2.24, 2.45) is 0 Å². The average Bonchev–Trinajstić information content (AvgIpc) is 2.82. The Morgan fingerprint density at radius 2 is 2.12 bits per heavy atom. The van der Waals surface area contributed by atoms with E-state index in [9.17, 15) is 0 Å². The predicted molar refractivity (Wildman–Crippen MR) is 65.0 cm³/mol. The molecule has 0 unspecified atom stereocenters. The lowest BCUT2D eigenvalue weighted by atomic mass is 10.1. The minimum absolute atomic E-state index is 0.0971. The van der Waals surface area contributed by atoms with Gasteiger partial charge in [0.25, 0.3) is 0 Å². The fourth-order valence-corrected chi connectivity index (χ4v) is 2.06. The van der Waals surface area contributed by atoms with Crippen LogP contribution in [0, 0.1) is 0 Å². The van der Waals surface area contributed by atoms with Crippen LogP contribution in [0.3, 0.4) is 0 Å². The van der Waals surface area contributed by atoms with Crippen molar-refractivity contribution >= 4 is 11.3 Å². The second-order valence-electron chi connectivity index (χ2n) is 3.56. The number of aliphatic hydroxyl groups is 1. The molecule has 3 nitrogen and oxygen atoms in total. The molecule has 16 heavy (non-hydrogen) atoms. The number of hydrogen-bond donors (Lipinski definition) is 2. The summed E-state index contributed by atoms with van der Waals surface area (Å²) in [7, 11) is 0. The Labute approximate surface area is 98.8 Å². The van der Waals surface area contributed by atoms with Gasteiger partial charge in [-0.1, -0.05) is 24.3 Å². The summed E-state index contributed by atoms with van der Waals surface area (Å²) in [6.07, 6.45) is 0. The lowest BCUT2D eigenvalue weighted by Gasteiger charge is -2.04. The van der Waals surface area contributed by atoms with E-state index in [2.05, 4.69) is 10.3 Å². The highest BCUT2D eigenvalue weighted by atomic mass is 32.1. The van der Waals surface area contributed by atoms with E-state index in [1.54, 1.807) is 11.3 Å². The van der Waals surface area contributed by atoms with Crippen molar-refractivity contribution in [2.75, 3.05) is 0 Å². The largest absolute Gasteiger partial charge is 0.392 e. The Balaban J connectivity index is 1.85. The van der Waals surface area contributed by atoms with Crippen LogP contribution in [0.4, 0.5) is 0 Å². The molecule has 84 valence electrons. The van der Waals surface area contributed by atoms with Crippen molar-refractivity contribution in [3.63, 3.8) is 0 Å². The zero-order valence-electron chi connectivity index (χ0n) is 8.89. The highest BCUT2D eigenvalue weighted by molar-refractivity contribution is 7.07. The number of aliphatic hydroxyl groups excluding tert-OH is 1. The first kappa shape index (κ1) is 11.3. The molecule has 1 aromatic heterocycles. The van der Waals surface area contributed by atoms with Crippen molar-refractivity contribution < 1.29 is 5.11 Å². The molecule has 0 bridgehead atoms. The van der Waals surface area contributed by atoms with Crippen molar-refractivity contribution in [3.8, 4) is 0 Å². The topological polar surface area (TPSA) is 45.1 Å². The summed E-state index contributed by atoms with van der Waals surface area (Å²) in [5.74, 6) is 0. The number of benzene rings is 1. The minimum Gasteiger partial charge on any atom is -0.392 e. The normalized spacial score (nSPS) is 10.6. The number of hydrogen-bond acceptors (Lipinski definition) is 4. The zero-order valence-corrected chi connectivity index (χ0v) is 9.70. The number of thiazole rings is 1. The summed E-state index contributed by atoms with van der Waals surface area (Å²) in [6.45, 7) is 1.68. The highest BCUT2D eigenvalue weighted by Gasteiger charge is 1.97. The Morgan fingerprint density at radius 1 is 1.25 bits per heavy atom. The van der Waals surface area contributed by atoms with Gasteiger partial charge in [0.15, 0.2) is 0 Å². The van der Waals surface area contributed by atoms with E-state index in [1.807, 2.05) is 35.2 Å². The summed E-state index contributed by atoms with van der Waals surface area (Å²) in [5, 5.41) is 14.4. The molecule has 0 aliphatic carbocycles. The van der Waals surface area contributed by atoms with Gasteiger partial charge >= 0.3 is 0 Å². The van der Waals surface area contributed by atoms with E-state index >= 15 is 0 Å². The maximum Gasteiger partial charge on any atom is 0.0795 e. The molecule has 0 radical (unpaired) electrons. The number of nitrogens with one attached hydrogen (secondary N) is 1. The van der Waals surface area contributed by atoms with Crippen LogP contribution in [0.5, 0.6) is 0 Å². The van der Waals surface area contributed by atoms with Gasteiger partial charge in [-0.3, -0.25) is 0 Å². The van der Waals surface area contributed by atoms with Crippen molar-refractivity contribution in [3.05, 3.63) is 52.0 Å². The second kappa shape index (κ2) is 5.75. The SMILES string of the molecule is OCc1cccc(CNCc2cscn2)c1. The molecule has 2 rings (SSSR count). The van der Waals surface area contributed by atoms with Crippen LogP contribution in [-0.2, 0) is 19.7 Å². The second-order valence-corrected chi connectivity index (χ2v) is 4.28. The van der Waals surface area contributed by atoms with Crippen LogP contribution >= 0.6 is 11.3 Å². The molecular weight excluding hydrogens is 220 g/mol. The van der Waals surface area contributed by atoms with E-state index in [0.29, 0.717) is 0 Å². The van der Waals surface area contributed by atoms with Gasteiger partial charge in [-0.05, 0) is 11.1 Å². The van der Waals surface area contributed by atoms with Crippen LogP contribution in [0.15, 0.2) is 35.2 Å². The minimum atomic E-state index is 0.0971. The van der Waals surface area contributed by atoms with Gasteiger partial charge < -0.3 is 10.4 Å². The summed E-state index contributed by atoms with van der Waals surface area (Å²) in [4.78, 5) is 4.20. The standard InChI is InChI=1S/C12H14N2OS/c15-7-11-3-1-2-10(4-11)5-13-6-12-8-16-9-14-12/h1-4,8-9,13,15H,5-7H2. The van der Waals surface area contributed by atoms with Crippen LogP contribution in [0.1, 0.15) is 16.8 Å². The molecule has 2 N–H and O–H groups in total. The van der Waals surface area contributed by atoms with Crippen molar-refractivity contribution in [2.45, 2.75) is 19.7 Å². The van der Waals surface area contributed by atoms with Gasteiger partial charge in [0, 0.05) is 18.5 Å². The summed E-state index contributed by atoms with van der Waals surface area (Å²) in [5.41, 5.74) is 5.04. The number of aromatic nitrogens is 1. The number of rotatable bonds is 5. The molecule has 0 fully saturated rings.